The summed E-state index contributed by atoms with van der Waals surface area (Å²) in [5.74, 6) is 4.78. The van der Waals surface area contributed by atoms with Crippen LogP contribution in [0.1, 0.15) is 42.6 Å². The van der Waals surface area contributed by atoms with Gasteiger partial charge in [0.2, 0.25) is 5.82 Å². The molecule has 1 saturated heterocycles. The number of benzene rings is 1. The molecule has 0 saturated carbocycles. The van der Waals surface area contributed by atoms with Crippen molar-refractivity contribution in [2.24, 2.45) is 0 Å². The van der Waals surface area contributed by atoms with Crippen molar-refractivity contribution in [3.63, 3.8) is 0 Å². The monoisotopic (exact) mass is 593 g/mol. The number of hydrogen-bond donors (Lipinski definition) is 6. The van der Waals surface area contributed by atoms with Crippen LogP contribution in [0.5, 0.6) is 0 Å². The molecule has 0 amide bonds. The first-order valence-electron chi connectivity index (χ1n) is 12.4. The number of rotatable bonds is 7. The van der Waals surface area contributed by atoms with E-state index in [1.807, 2.05) is 18.2 Å². The van der Waals surface area contributed by atoms with E-state index in [1.165, 1.54) is 23.4 Å². The van der Waals surface area contributed by atoms with E-state index < -0.39 is 59.3 Å². The second kappa shape index (κ2) is 10.8. The molecular weight excluding hydrogens is 565 g/mol. The van der Waals surface area contributed by atoms with Crippen LogP contribution < -0.4 is 5.32 Å². The molecule has 3 heterocycles. The first kappa shape index (κ1) is 28.6. The number of aliphatic hydroxyl groups excluding tert-OH is 3. The Labute approximate surface area is 229 Å². The number of aliphatic hydroxyl groups is 3. The lowest BCUT2D eigenvalue weighted by Crippen LogP contribution is -2.36. The molecule has 16 heteroatoms. The molecule has 0 spiro atoms. The predicted molar refractivity (Wildman–Crippen MR) is 142 cm³/mol. The maximum Gasteiger partial charge on any atom is 0.340 e. The van der Waals surface area contributed by atoms with Crippen LogP contribution in [-0.4, -0.2) is 88.9 Å². The zero-order valence-corrected chi connectivity index (χ0v) is 22.9. The maximum atomic E-state index is 12.3. The van der Waals surface area contributed by atoms with Gasteiger partial charge < -0.3 is 35.2 Å². The summed E-state index contributed by atoms with van der Waals surface area (Å²) in [4.78, 5) is 27.1. The van der Waals surface area contributed by atoms with Gasteiger partial charge in [0.1, 0.15) is 30.2 Å². The van der Waals surface area contributed by atoms with Gasteiger partial charge in [0.05, 0.1) is 23.4 Å². The van der Waals surface area contributed by atoms with E-state index in [0.717, 1.165) is 18.4 Å². The van der Waals surface area contributed by atoms with Crippen LogP contribution in [0.3, 0.4) is 0 Å². The van der Waals surface area contributed by atoms with E-state index in [9.17, 15) is 28.3 Å². The number of sulfone groups is 1. The topological polar surface area (TPSA) is 217 Å². The van der Waals surface area contributed by atoms with Crippen molar-refractivity contribution < 1.29 is 42.8 Å². The fourth-order valence-electron chi connectivity index (χ4n) is 4.95. The van der Waals surface area contributed by atoms with Gasteiger partial charge in [-0.05, 0) is 36.8 Å². The van der Waals surface area contributed by atoms with E-state index in [2.05, 4.69) is 38.3 Å². The van der Waals surface area contributed by atoms with E-state index in [4.69, 9.17) is 14.5 Å². The highest BCUT2D eigenvalue weighted by Crippen LogP contribution is 2.39. The highest BCUT2D eigenvalue weighted by atomic mass is 32.2. The minimum absolute atomic E-state index is 0.0396. The molecule has 6 atom stereocenters. The maximum absolute atomic E-state index is 12.3. The summed E-state index contributed by atoms with van der Waals surface area (Å²) in [6.07, 6.45) is -4.02. The quantitative estimate of drug-likeness (QED) is 0.155. The predicted octanol–water partition coefficient (Wildman–Crippen LogP) is -0.173. The smallest absolute Gasteiger partial charge is 0.340 e. The average molecular weight is 594 g/mol. The van der Waals surface area contributed by atoms with Crippen LogP contribution in [-0.2, 0) is 25.6 Å². The second-order valence-electron chi connectivity index (χ2n) is 9.85. The van der Waals surface area contributed by atoms with E-state index in [1.54, 1.807) is 0 Å². The lowest BCUT2D eigenvalue weighted by atomic mass is 10.1. The van der Waals surface area contributed by atoms with Crippen LogP contribution in [0.15, 0.2) is 30.5 Å². The first-order chi connectivity index (χ1) is 18.8. The zero-order valence-electron chi connectivity index (χ0n) is 21.2. The molecular formula is C24H28N5O9PS. The summed E-state index contributed by atoms with van der Waals surface area (Å²) < 4.78 is 42.6. The number of nitrogens with zero attached hydrogens (tertiary/aromatic N) is 4. The molecule has 1 aliphatic carbocycles. The molecule has 1 aromatic carbocycles. The Morgan fingerprint density at radius 3 is 2.70 bits per heavy atom. The van der Waals surface area contributed by atoms with Crippen molar-refractivity contribution in [1.29, 1.82) is 0 Å². The minimum Gasteiger partial charge on any atom is -0.387 e. The largest absolute Gasteiger partial charge is 0.387 e. The normalized spacial score (nSPS) is 25.4. The minimum atomic E-state index is -4.89. The Hall–Kier alpha value is -2.93. The Balaban J connectivity index is 1.50. The highest BCUT2D eigenvalue weighted by molar-refractivity contribution is 7.97. The van der Waals surface area contributed by atoms with Gasteiger partial charge in [-0.25, -0.2) is 23.1 Å². The van der Waals surface area contributed by atoms with Gasteiger partial charge in [-0.2, -0.15) is 5.10 Å². The number of hydrogen-bond acceptors (Lipinski definition) is 11. The van der Waals surface area contributed by atoms with Crippen LogP contribution in [0, 0.1) is 11.8 Å². The summed E-state index contributed by atoms with van der Waals surface area (Å²) in [6, 6.07) is 7.95. The Morgan fingerprint density at radius 1 is 1.23 bits per heavy atom. The molecule has 6 N–H and O–H groups in total. The van der Waals surface area contributed by atoms with E-state index in [0.29, 0.717) is 11.2 Å². The molecule has 0 radical (unpaired) electrons. The van der Waals surface area contributed by atoms with E-state index >= 15 is 0 Å². The summed E-state index contributed by atoms with van der Waals surface area (Å²) in [7, 11) is -9.24. The lowest BCUT2D eigenvalue weighted by molar-refractivity contribution is -0.0364. The third-order valence-corrected chi connectivity index (χ3v) is 10.4. The van der Waals surface area contributed by atoms with E-state index in [-0.39, 0.29) is 17.5 Å². The van der Waals surface area contributed by atoms with Crippen molar-refractivity contribution in [2.75, 3.05) is 16.6 Å². The zero-order chi connectivity index (χ0) is 28.8. The van der Waals surface area contributed by atoms with Crippen LogP contribution in [0.2, 0.25) is 0 Å². The molecule has 214 valence electrons. The number of aromatic nitrogens is 4. The third-order valence-electron chi connectivity index (χ3n) is 6.65. The van der Waals surface area contributed by atoms with Gasteiger partial charge in [0, 0.05) is 0 Å². The lowest BCUT2D eigenvalue weighted by Gasteiger charge is -2.17. The van der Waals surface area contributed by atoms with Crippen molar-refractivity contribution >= 4 is 34.3 Å². The van der Waals surface area contributed by atoms with Crippen LogP contribution in [0.25, 0.3) is 11.0 Å². The number of fused-ring (bicyclic) bond motifs is 2. The van der Waals surface area contributed by atoms with Gasteiger partial charge >= 0.3 is 7.60 Å². The third kappa shape index (κ3) is 6.04. The van der Waals surface area contributed by atoms with Gasteiger partial charge in [0.15, 0.2) is 27.2 Å². The highest BCUT2D eigenvalue weighted by Gasteiger charge is 2.47. The summed E-state index contributed by atoms with van der Waals surface area (Å²) in [6.45, 7) is 1.48. The van der Waals surface area contributed by atoms with Crippen LogP contribution in [0.4, 0.5) is 5.82 Å². The fraction of sp³-hybridized carbons (Fsp3) is 0.458. The van der Waals surface area contributed by atoms with Gasteiger partial charge in [0.25, 0.3) is 0 Å². The van der Waals surface area contributed by atoms with Gasteiger partial charge in [-0.1, -0.05) is 30.2 Å². The standard InChI is InChI=1S/C24H28N5O9PS/c1-13(30)6-9-19-27-22(26-17-8-7-14-4-2-3-5-15(14)17)16-10-25-29(23(16)28-19)24-21(32)20(31)18(38-24)11-40(36,37)12-39(33,34)35/h2-5,10,13,17-18,20-21,24,30-32H,7-8,11-12H2,1H3,(H,26,27,28)(H2,33,34,35)/t13-,17-,18-,20-,21-,24-/m1/s1. The van der Waals surface area contributed by atoms with Gasteiger partial charge in [-0.15, -0.1) is 0 Å². The number of nitrogens with one attached hydrogen (secondary N) is 1. The molecule has 3 aromatic rings. The van der Waals surface area contributed by atoms with Crippen molar-refractivity contribution in [3.05, 3.63) is 47.4 Å². The summed E-state index contributed by atoms with van der Waals surface area (Å²) in [5, 5.41) is 39.0. The van der Waals surface area contributed by atoms with Gasteiger partial charge in [-0.3, -0.25) is 4.57 Å². The number of anilines is 1. The average Bonchev–Trinajstić information content (AvgIpc) is 3.54. The van der Waals surface area contributed by atoms with Crippen molar-refractivity contribution in [2.45, 2.75) is 56.5 Å². The molecule has 40 heavy (non-hydrogen) atoms. The number of aryl methyl sites for hydroxylation is 1. The molecule has 2 aliphatic rings. The summed E-state index contributed by atoms with van der Waals surface area (Å²) in [5.41, 5.74) is 1.07. The second-order valence-corrected chi connectivity index (χ2v) is 14.0. The molecule has 1 fully saturated rings. The fourth-order valence-corrected chi connectivity index (χ4v) is 8.19. The first-order valence-corrected chi connectivity index (χ1v) is 16.0. The van der Waals surface area contributed by atoms with Crippen LogP contribution >= 0.6 is 7.60 Å². The SMILES string of the molecule is C[C@@H](O)C#Cc1nc(N[C@@H]2CCc3ccccc32)c2cnn([C@@H]3O[C@H](CS(=O)(=O)CP(=O)(O)O)[C@@H](O)[C@H]3O)c2n1. The molecule has 2 aromatic heterocycles. The van der Waals surface area contributed by atoms with Crippen molar-refractivity contribution in [3.8, 4) is 11.8 Å². The molecule has 0 unspecified atom stereocenters. The molecule has 5 rings (SSSR count). The number of ether oxygens (including phenoxy) is 1. The Kier molecular flexibility index (Phi) is 7.73. The Morgan fingerprint density at radius 2 is 1.98 bits per heavy atom. The molecule has 14 nitrogen and oxygen atoms in total. The Bertz CT molecular complexity index is 1650. The summed E-state index contributed by atoms with van der Waals surface area (Å²) >= 11 is 0. The van der Waals surface area contributed by atoms with Crippen molar-refractivity contribution in [1.82, 2.24) is 19.7 Å². The molecule has 0 bridgehead atoms. The molecule has 1 aliphatic heterocycles.